The summed E-state index contributed by atoms with van der Waals surface area (Å²) in [7, 11) is 4.66. The summed E-state index contributed by atoms with van der Waals surface area (Å²) in [6.07, 6.45) is -0.618. The predicted octanol–water partition coefficient (Wildman–Crippen LogP) is 3.55. The maximum Gasteiger partial charge on any atom is 0.201 e. The van der Waals surface area contributed by atoms with Gasteiger partial charge in [-0.2, -0.15) is 0 Å². The summed E-state index contributed by atoms with van der Waals surface area (Å²) in [5.41, 5.74) is -0.143. The third-order valence-electron chi connectivity index (χ3n) is 5.23. The van der Waals surface area contributed by atoms with E-state index in [0.29, 0.717) is 28.6 Å². The molecule has 29 heavy (non-hydrogen) atoms. The van der Waals surface area contributed by atoms with Crippen LogP contribution in [0.15, 0.2) is 36.4 Å². The van der Waals surface area contributed by atoms with E-state index < -0.39 is 17.5 Å². The minimum Gasteiger partial charge on any atom is -0.497 e. The first-order valence-electron chi connectivity index (χ1n) is 9.29. The second kappa shape index (κ2) is 6.93. The molecule has 0 radical (unpaired) electrons. The molecule has 0 amide bonds. The monoisotopic (exact) mass is 400 g/mol. The van der Waals surface area contributed by atoms with Crippen LogP contribution < -0.4 is 18.9 Å². The van der Waals surface area contributed by atoms with Crippen molar-refractivity contribution in [2.24, 2.45) is 0 Å². The van der Waals surface area contributed by atoms with Crippen LogP contribution in [0.5, 0.6) is 23.0 Å². The zero-order valence-corrected chi connectivity index (χ0v) is 17.1. The van der Waals surface area contributed by atoms with Crippen LogP contribution in [0.1, 0.15) is 35.9 Å². The Balaban J connectivity index is 1.79. The van der Waals surface area contributed by atoms with Crippen LogP contribution >= 0.6 is 0 Å². The van der Waals surface area contributed by atoms with E-state index in [1.165, 1.54) is 7.11 Å². The van der Waals surface area contributed by atoms with Crippen LogP contribution in [0.2, 0.25) is 0 Å². The fourth-order valence-electron chi connectivity index (χ4n) is 3.94. The van der Waals surface area contributed by atoms with Gasteiger partial charge in [-0.15, -0.1) is 0 Å². The lowest BCUT2D eigenvalue weighted by molar-refractivity contribution is -0.158. The molecule has 2 aliphatic heterocycles. The third kappa shape index (κ3) is 3.10. The first-order chi connectivity index (χ1) is 13.8. The van der Waals surface area contributed by atoms with Crippen molar-refractivity contribution >= 4 is 5.78 Å². The summed E-state index contributed by atoms with van der Waals surface area (Å²) in [6, 6.07) is 10.5. The van der Waals surface area contributed by atoms with Crippen molar-refractivity contribution < 1.29 is 33.2 Å². The molecule has 2 aromatic rings. The van der Waals surface area contributed by atoms with Crippen molar-refractivity contribution in [3.05, 3.63) is 47.5 Å². The zero-order chi connectivity index (χ0) is 20.8. The SMILES string of the molecule is COc1ccc2c(c1)OC[C@@]1(C(=O)c3ccc(OC)c(OC)c3)OC(C)(C)O[C@@H]21. The van der Waals surface area contributed by atoms with Gasteiger partial charge in [0.15, 0.2) is 22.9 Å². The molecular formula is C22H24O7. The standard InChI is InChI=1S/C22H24O7/c1-21(2)28-20-15-8-7-14(24-3)11-17(15)27-12-22(20,29-21)19(23)13-6-9-16(25-4)18(10-13)26-5/h6-11,20H,12H2,1-5H3/t20-,22-/m0/s1. The number of carbonyl (C=O) groups excluding carboxylic acids is 1. The lowest BCUT2D eigenvalue weighted by Gasteiger charge is -2.36. The Labute approximate surface area is 169 Å². The molecule has 0 unspecified atom stereocenters. The first kappa shape index (κ1) is 19.5. The second-order valence-electron chi connectivity index (χ2n) is 7.48. The quantitative estimate of drug-likeness (QED) is 0.711. The first-order valence-corrected chi connectivity index (χ1v) is 9.29. The van der Waals surface area contributed by atoms with Gasteiger partial charge in [-0.1, -0.05) is 0 Å². The van der Waals surface area contributed by atoms with Crippen LogP contribution in [-0.2, 0) is 9.47 Å². The number of hydrogen-bond acceptors (Lipinski definition) is 7. The number of benzene rings is 2. The van der Waals surface area contributed by atoms with Crippen LogP contribution in [0.25, 0.3) is 0 Å². The Morgan fingerprint density at radius 3 is 2.45 bits per heavy atom. The van der Waals surface area contributed by atoms with Gasteiger partial charge in [-0.05, 0) is 44.2 Å². The van der Waals surface area contributed by atoms with Crippen molar-refractivity contribution in [2.75, 3.05) is 27.9 Å². The van der Waals surface area contributed by atoms with Gasteiger partial charge in [0.25, 0.3) is 0 Å². The number of ketones is 1. The summed E-state index contributed by atoms with van der Waals surface area (Å²) < 4.78 is 34.2. The molecule has 0 aromatic heterocycles. The molecule has 1 saturated heterocycles. The van der Waals surface area contributed by atoms with E-state index in [-0.39, 0.29) is 12.4 Å². The lowest BCUT2D eigenvalue weighted by Crippen LogP contribution is -2.51. The van der Waals surface area contributed by atoms with Crippen LogP contribution in [0.3, 0.4) is 0 Å². The average molecular weight is 400 g/mol. The Bertz CT molecular complexity index is 952. The van der Waals surface area contributed by atoms with Crippen LogP contribution in [-0.4, -0.2) is 45.1 Å². The molecule has 0 saturated carbocycles. The molecular weight excluding hydrogens is 376 g/mol. The smallest absolute Gasteiger partial charge is 0.201 e. The Morgan fingerprint density at radius 1 is 1.00 bits per heavy atom. The zero-order valence-electron chi connectivity index (χ0n) is 17.1. The highest BCUT2D eigenvalue weighted by Crippen LogP contribution is 2.53. The summed E-state index contributed by atoms with van der Waals surface area (Å²) >= 11 is 0. The topological polar surface area (TPSA) is 72.5 Å². The van der Waals surface area contributed by atoms with Gasteiger partial charge in [0.2, 0.25) is 5.78 Å². The highest BCUT2D eigenvalue weighted by molar-refractivity contribution is 6.04. The molecule has 2 atom stereocenters. The minimum absolute atomic E-state index is 0.0223. The lowest BCUT2D eigenvalue weighted by atomic mass is 9.82. The van der Waals surface area contributed by atoms with Crippen molar-refractivity contribution in [2.45, 2.75) is 31.3 Å². The molecule has 0 bridgehead atoms. The molecule has 1 fully saturated rings. The third-order valence-corrected chi connectivity index (χ3v) is 5.23. The molecule has 2 aliphatic rings. The molecule has 0 N–H and O–H groups in total. The average Bonchev–Trinajstić information content (AvgIpc) is 3.03. The predicted molar refractivity (Wildman–Crippen MR) is 104 cm³/mol. The molecule has 154 valence electrons. The normalized spacial score (nSPS) is 24.1. The Kier molecular flexibility index (Phi) is 4.67. The van der Waals surface area contributed by atoms with Crippen LogP contribution in [0, 0.1) is 0 Å². The van der Waals surface area contributed by atoms with Gasteiger partial charge < -0.3 is 28.4 Å². The van der Waals surface area contributed by atoms with Crippen molar-refractivity contribution in [3.8, 4) is 23.0 Å². The maximum absolute atomic E-state index is 13.7. The molecule has 0 spiro atoms. The van der Waals surface area contributed by atoms with E-state index >= 15 is 0 Å². The largest absolute Gasteiger partial charge is 0.497 e. The number of fused-ring (bicyclic) bond motifs is 3. The molecule has 4 rings (SSSR count). The molecule has 2 heterocycles. The highest BCUT2D eigenvalue weighted by atomic mass is 16.8. The van der Waals surface area contributed by atoms with Crippen molar-refractivity contribution in [1.29, 1.82) is 0 Å². The van der Waals surface area contributed by atoms with Crippen molar-refractivity contribution in [1.82, 2.24) is 0 Å². The molecule has 0 aliphatic carbocycles. The van der Waals surface area contributed by atoms with E-state index in [4.69, 9.17) is 28.4 Å². The summed E-state index contributed by atoms with van der Waals surface area (Å²) in [6.45, 7) is 3.60. The number of Topliss-reactive ketones (excluding diaryl/α,β-unsaturated/α-hetero) is 1. The van der Waals surface area contributed by atoms with E-state index in [1.807, 2.05) is 12.1 Å². The van der Waals surface area contributed by atoms with Gasteiger partial charge in [0.1, 0.15) is 24.2 Å². The number of carbonyl (C=O) groups is 1. The number of hydrogen-bond donors (Lipinski definition) is 0. The molecule has 2 aromatic carbocycles. The van der Waals surface area contributed by atoms with Gasteiger partial charge in [-0.3, -0.25) is 4.79 Å². The fourth-order valence-corrected chi connectivity index (χ4v) is 3.94. The number of ether oxygens (including phenoxy) is 6. The van der Waals surface area contributed by atoms with Gasteiger partial charge in [0, 0.05) is 17.2 Å². The molecule has 7 nitrogen and oxygen atoms in total. The van der Waals surface area contributed by atoms with E-state index in [2.05, 4.69) is 0 Å². The summed E-state index contributed by atoms with van der Waals surface area (Å²) in [5.74, 6) is 1.09. The van der Waals surface area contributed by atoms with E-state index in [1.54, 1.807) is 52.3 Å². The summed E-state index contributed by atoms with van der Waals surface area (Å²) in [5, 5.41) is 0. The van der Waals surface area contributed by atoms with E-state index in [0.717, 1.165) is 5.56 Å². The van der Waals surface area contributed by atoms with Gasteiger partial charge in [-0.25, -0.2) is 0 Å². The Hall–Kier alpha value is -2.77. The maximum atomic E-state index is 13.7. The highest BCUT2D eigenvalue weighted by Gasteiger charge is 2.61. The van der Waals surface area contributed by atoms with Crippen LogP contribution in [0.4, 0.5) is 0 Å². The number of rotatable bonds is 5. The van der Waals surface area contributed by atoms with Crippen molar-refractivity contribution in [3.63, 3.8) is 0 Å². The fraction of sp³-hybridized carbons (Fsp3) is 0.409. The minimum atomic E-state index is -1.31. The van der Waals surface area contributed by atoms with E-state index in [9.17, 15) is 4.79 Å². The molecule has 7 heteroatoms. The van der Waals surface area contributed by atoms with Gasteiger partial charge >= 0.3 is 0 Å². The summed E-state index contributed by atoms with van der Waals surface area (Å²) in [4.78, 5) is 13.7. The Morgan fingerprint density at radius 2 is 1.76 bits per heavy atom. The van der Waals surface area contributed by atoms with Gasteiger partial charge in [0.05, 0.1) is 21.3 Å². The second-order valence-corrected chi connectivity index (χ2v) is 7.48. The number of methoxy groups -OCH3 is 3.